The van der Waals surface area contributed by atoms with Gasteiger partial charge in [0.1, 0.15) is 0 Å². The Morgan fingerprint density at radius 3 is 2.50 bits per heavy atom. The first-order chi connectivity index (χ1) is 8.58. The van der Waals surface area contributed by atoms with Crippen molar-refractivity contribution < 1.29 is 0 Å². The summed E-state index contributed by atoms with van der Waals surface area (Å²) in [7, 11) is 0. The molecule has 0 bridgehead atoms. The summed E-state index contributed by atoms with van der Waals surface area (Å²) in [5, 5.41) is 3.62. The molecular formula is C16H21NS. The summed E-state index contributed by atoms with van der Waals surface area (Å²) < 4.78 is 0. The predicted octanol–water partition coefficient (Wildman–Crippen LogP) is 4.52. The van der Waals surface area contributed by atoms with Crippen LogP contribution >= 0.6 is 11.3 Å². The Balaban J connectivity index is 2.03. The first-order valence-corrected chi connectivity index (χ1v) is 7.24. The van der Waals surface area contributed by atoms with Gasteiger partial charge in [0, 0.05) is 22.3 Å². The van der Waals surface area contributed by atoms with Crippen LogP contribution in [-0.4, -0.2) is 0 Å². The predicted molar refractivity (Wildman–Crippen MR) is 80.2 cm³/mol. The van der Waals surface area contributed by atoms with Gasteiger partial charge in [-0.1, -0.05) is 24.3 Å². The molecule has 1 heterocycles. The van der Waals surface area contributed by atoms with Crippen molar-refractivity contribution in [2.24, 2.45) is 0 Å². The molecule has 1 atom stereocenters. The number of aryl methyl sites for hydroxylation is 3. The molecule has 0 saturated heterocycles. The molecule has 1 N–H and O–H groups in total. The van der Waals surface area contributed by atoms with Crippen LogP contribution < -0.4 is 5.32 Å². The largest absolute Gasteiger partial charge is 0.306 e. The number of nitrogens with one attached hydrogen (secondary N) is 1. The summed E-state index contributed by atoms with van der Waals surface area (Å²) in [5.41, 5.74) is 4.18. The van der Waals surface area contributed by atoms with E-state index in [9.17, 15) is 0 Å². The lowest BCUT2D eigenvalue weighted by molar-refractivity contribution is 0.573. The Bertz CT molecular complexity index is 528. The van der Waals surface area contributed by atoms with E-state index in [1.807, 2.05) is 11.3 Å². The summed E-state index contributed by atoms with van der Waals surface area (Å²) in [6.07, 6.45) is 0. The second-order valence-electron chi connectivity index (χ2n) is 4.90. The number of benzene rings is 1. The normalized spacial score (nSPS) is 12.7. The molecule has 1 unspecified atom stereocenters. The minimum Gasteiger partial charge on any atom is -0.306 e. The Morgan fingerprint density at radius 2 is 1.89 bits per heavy atom. The summed E-state index contributed by atoms with van der Waals surface area (Å²) in [5.74, 6) is 0. The standard InChI is InChI=1S/C16H21NS/c1-11-7-5-6-8-15(11)10-17-13(3)16-9-12(2)18-14(16)4/h5-9,13,17H,10H2,1-4H3. The molecule has 0 amide bonds. The third kappa shape index (κ3) is 3.01. The Hall–Kier alpha value is -1.12. The van der Waals surface area contributed by atoms with Crippen LogP contribution in [0.25, 0.3) is 0 Å². The van der Waals surface area contributed by atoms with Crippen molar-refractivity contribution in [3.05, 3.63) is 56.8 Å². The molecule has 0 fully saturated rings. The van der Waals surface area contributed by atoms with E-state index in [0.717, 1.165) is 6.54 Å². The van der Waals surface area contributed by atoms with Gasteiger partial charge in [0.25, 0.3) is 0 Å². The molecule has 1 aromatic carbocycles. The summed E-state index contributed by atoms with van der Waals surface area (Å²) >= 11 is 1.88. The smallest absolute Gasteiger partial charge is 0.0305 e. The van der Waals surface area contributed by atoms with Crippen molar-refractivity contribution in [2.45, 2.75) is 40.3 Å². The van der Waals surface area contributed by atoms with E-state index in [1.165, 1.54) is 26.4 Å². The van der Waals surface area contributed by atoms with Gasteiger partial charge in [-0.25, -0.2) is 0 Å². The van der Waals surface area contributed by atoms with Crippen molar-refractivity contribution in [3.8, 4) is 0 Å². The van der Waals surface area contributed by atoms with Crippen LogP contribution in [0.2, 0.25) is 0 Å². The van der Waals surface area contributed by atoms with Crippen LogP contribution in [0, 0.1) is 20.8 Å². The molecule has 0 aliphatic carbocycles. The van der Waals surface area contributed by atoms with E-state index in [2.05, 4.69) is 63.3 Å². The average molecular weight is 259 g/mol. The number of thiophene rings is 1. The van der Waals surface area contributed by atoms with Gasteiger partial charge in [0.05, 0.1) is 0 Å². The fourth-order valence-corrected chi connectivity index (χ4v) is 3.28. The fraction of sp³-hybridized carbons (Fsp3) is 0.375. The quantitative estimate of drug-likeness (QED) is 0.851. The van der Waals surface area contributed by atoms with Gasteiger partial charge in [-0.05, 0) is 50.5 Å². The molecule has 0 saturated carbocycles. The highest BCUT2D eigenvalue weighted by molar-refractivity contribution is 7.12. The van der Waals surface area contributed by atoms with Crippen molar-refractivity contribution >= 4 is 11.3 Å². The zero-order valence-corrected chi connectivity index (χ0v) is 12.4. The summed E-state index contributed by atoms with van der Waals surface area (Å²) in [6.45, 7) is 9.73. The number of rotatable bonds is 4. The maximum atomic E-state index is 3.62. The highest BCUT2D eigenvalue weighted by atomic mass is 32.1. The summed E-state index contributed by atoms with van der Waals surface area (Å²) in [6, 6.07) is 11.3. The van der Waals surface area contributed by atoms with Crippen LogP contribution in [0.4, 0.5) is 0 Å². The molecule has 0 aliphatic rings. The number of hydrogen-bond donors (Lipinski definition) is 1. The Labute approximate surface area is 114 Å². The van der Waals surface area contributed by atoms with E-state index < -0.39 is 0 Å². The van der Waals surface area contributed by atoms with E-state index in [1.54, 1.807) is 0 Å². The van der Waals surface area contributed by atoms with Gasteiger partial charge in [-0.2, -0.15) is 0 Å². The minimum absolute atomic E-state index is 0.412. The molecule has 2 aromatic rings. The SMILES string of the molecule is Cc1cc(C(C)NCc2ccccc2C)c(C)s1. The van der Waals surface area contributed by atoms with Crippen LogP contribution in [0.5, 0.6) is 0 Å². The van der Waals surface area contributed by atoms with Gasteiger partial charge in [-0.15, -0.1) is 11.3 Å². The molecule has 18 heavy (non-hydrogen) atoms. The van der Waals surface area contributed by atoms with Crippen LogP contribution in [0.15, 0.2) is 30.3 Å². The Morgan fingerprint density at radius 1 is 1.17 bits per heavy atom. The van der Waals surface area contributed by atoms with Gasteiger partial charge >= 0.3 is 0 Å². The van der Waals surface area contributed by atoms with Gasteiger partial charge in [0.2, 0.25) is 0 Å². The molecular weight excluding hydrogens is 238 g/mol. The molecule has 96 valence electrons. The van der Waals surface area contributed by atoms with Gasteiger partial charge in [-0.3, -0.25) is 0 Å². The molecule has 1 nitrogen and oxygen atoms in total. The average Bonchev–Trinajstić information content (AvgIpc) is 2.67. The lowest BCUT2D eigenvalue weighted by Crippen LogP contribution is -2.18. The Kier molecular flexibility index (Phi) is 4.20. The van der Waals surface area contributed by atoms with Crippen LogP contribution in [0.1, 0.15) is 39.4 Å². The third-order valence-corrected chi connectivity index (χ3v) is 4.39. The highest BCUT2D eigenvalue weighted by Gasteiger charge is 2.10. The highest BCUT2D eigenvalue weighted by Crippen LogP contribution is 2.26. The van der Waals surface area contributed by atoms with E-state index >= 15 is 0 Å². The zero-order valence-electron chi connectivity index (χ0n) is 11.6. The van der Waals surface area contributed by atoms with Crippen molar-refractivity contribution in [3.63, 3.8) is 0 Å². The molecule has 1 aromatic heterocycles. The van der Waals surface area contributed by atoms with Gasteiger partial charge in [0.15, 0.2) is 0 Å². The lowest BCUT2D eigenvalue weighted by Gasteiger charge is -2.15. The molecule has 2 heteroatoms. The minimum atomic E-state index is 0.412. The second kappa shape index (κ2) is 5.68. The monoisotopic (exact) mass is 259 g/mol. The van der Waals surface area contributed by atoms with Gasteiger partial charge < -0.3 is 5.32 Å². The van der Waals surface area contributed by atoms with E-state index in [4.69, 9.17) is 0 Å². The topological polar surface area (TPSA) is 12.0 Å². The molecule has 0 spiro atoms. The maximum absolute atomic E-state index is 3.62. The van der Waals surface area contributed by atoms with Crippen molar-refractivity contribution in [1.29, 1.82) is 0 Å². The maximum Gasteiger partial charge on any atom is 0.0305 e. The molecule has 0 aliphatic heterocycles. The van der Waals surface area contributed by atoms with Crippen LogP contribution in [-0.2, 0) is 6.54 Å². The second-order valence-corrected chi connectivity index (χ2v) is 6.36. The van der Waals surface area contributed by atoms with Crippen LogP contribution in [0.3, 0.4) is 0 Å². The molecule has 0 radical (unpaired) electrons. The lowest BCUT2D eigenvalue weighted by atomic mass is 10.1. The number of hydrogen-bond acceptors (Lipinski definition) is 2. The van der Waals surface area contributed by atoms with Crippen molar-refractivity contribution in [2.75, 3.05) is 0 Å². The third-order valence-electron chi connectivity index (χ3n) is 3.41. The first kappa shape index (κ1) is 13.3. The van der Waals surface area contributed by atoms with E-state index in [0.29, 0.717) is 6.04 Å². The zero-order chi connectivity index (χ0) is 13.1. The summed E-state index contributed by atoms with van der Waals surface area (Å²) in [4.78, 5) is 2.82. The van der Waals surface area contributed by atoms with E-state index in [-0.39, 0.29) is 0 Å². The first-order valence-electron chi connectivity index (χ1n) is 6.42. The fourth-order valence-electron chi connectivity index (χ4n) is 2.26. The van der Waals surface area contributed by atoms with Crippen molar-refractivity contribution in [1.82, 2.24) is 5.32 Å². The molecule has 2 rings (SSSR count).